The molecular formula is C18H21N3O3. The molecule has 6 heteroatoms. The van der Waals surface area contributed by atoms with E-state index in [1.165, 1.54) is 6.26 Å². The average molecular weight is 327 g/mol. The zero-order valence-electron chi connectivity index (χ0n) is 13.5. The third-order valence-corrected chi connectivity index (χ3v) is 4.32. The largest absolute Gasteiger partial charge is 0.444 e. The fourth-order valence-electron chi connectivity index (χ4n) is 3.16. The SMILES string of the molecule is NC(=O)CN(C(=O)Cc1coc(-c2ccccc2)n1)C1CCCC1. The second kappa shape index (κ2) is 7.29. The molecule has 0 unspecified atom stereocenters. The first-order valence-electron chi connectivity index (χ1n) is 8.21. The van der Waals surface area contributed by atoms with Crippen LogP contribution in [0.2, 0.25) is 0 Å². The predicted molar refractivity (Wildman–Crippen MR) is 88.8 cm³/mol. The standard InChI is InChI=1S/C18H21N3O3/c19-16(22)11-21(15-8-4-5-9-15)17(23)10-14-12-24-18(20-14)13-6-2-1-3-7-13/h1-3,6-7,12,15H,4-5,8-11H2,(H2,19,22). The predicted octanol–water partition coefficient (Wildman–Crippen LogP) is 2.14. The number of aromatic nitrogens is 1. The quantitative estimate of drug-likeness (QED) is 0.880. The van der Waals surface area contributed by atoms with Crippen LogP contribution in [0.15, 0.2) is 41.0 Å². The van der Waals surface area contributed by atoms with E-state index in [0.29, 0.717) is 11.6 Å². The molecule has 0 spiro atoms. The number of nitrogens with zero attached hydrogens (tertiary/aromatic N) is 2. The minimum absolute atomic E-state index is 0.0348. The van der Waals surface area contributed by atoms with Crippen LogP contribution in [-0.4, -0.2) is 34.3 Å². The Morgan fingerprint density at radius 1 is 1.21 bits per heavy atom. The van der Waals surface area contributed by atoms with Gasteiger partial charge in [0.05, 0.1) is 18.7 Å². The Morgan fingerprint density at radius 2 is 1.92 bits per heavy atom. The number of amides is 2. The van der Waals surface area contributed by atoms with Gasteiger partial charge in [-0.15, -0.1) is 0 Å². The highest BCUT2D eigenvalue weighted by Gasteiger charge is 2.28. The van der Waals surface area contributed by atoms with Crippen LogP contribution in [-0.2, 0) is 16.0 Å². The first kappa shape index (κ1) is 16.2. The molecule has 24 heavy (non-hydrogen) atoms. The molecule has 1 aromatic heterocycles. The first-order valence-corrected chi connectivity index (χ1v) is 8.21. The third-order valence-electron chi connectivity index (χ3n) is 4.32. The van der Waals surface area contributed by atoms with Gasteiger partial charge in [0.1, 0.15) is 6.26 Å². The van der Waals surface area contributed by atoms with Gasteiger partial charge in [-0.2, -0.15) is 0 Å². The van der Waals surface area contributed by atoms with Gasteiger partial charge in [-0.05, 0) is 25.0 Å². The highest BCUT2D eigenvalue weighted by Crippen LogP contribution is 2.24. The fraction of sp³-hybridized carbons (Fsp3) is 0.389. The van der Waals surface area contributed by atoms with Crippen molar-refractivity contribution in [3.05, 3.63) is 42.3 Å². The molecular weight excluding hydrogens is 306 g/mol. The molecule has 0 radical (unpaired) electrons. The number of rotatable bonds is 6. The van der Waals surface area contributed by atoms with Gasteiger partial charge in [0.2, 0.25) is 17.7 Å². The second-order valence-corrected chi connectivity index (χ2v) is 6.11. The van der Waals surface area contributed by atoms with Crippen molar-refractivity contribution < 1.29 is 14.0 Å². The van der Waals surface area contributed by atoms with Crippen LogP contribution in [0.5, 0.6) is 0 Å². The summed E-state index contributed by atoms with van der Waals surface area (Å²) in [6.07, 6.45) is 5.61. The normalized spacial score (nSPS) is 14.7. The Kier molecular flexibility index (Phi) is 4.93. The van der Waals surface area contributed by atoms with Gasteiger partial charge in [-0.25, -0.2) is 4.98 Å². The zero-order chi connectivity index (χ0) is 16.9. The number of nitrogens with two attached hydrogens (primary N) is 1. The van der Waals surface area contributed by atoms with Gasteiger partial charge in [0.25, 0.3) is 0 Å². The van der Waals surface area contributed by atoms with Crippen molar-refractivity contribution in [2.45, 2.75) is 38.1 Å². The summed E-state index contributed by atoms with van der Waals surface area (Å²) in [6, 6.07) is 9.62. The number of carbonyl (C=O) groups is 2. The summed E-state index contributed by atoms with van der Waals surface area (Å²) in [5.41, 5.74) is 6.73. The monoisotopic (exact) mass is 327 g/mol. The molecule has 126 valence electrons. The van der Waals surface area contributed by atoms with Crippen molar-refractivity contribution in [1.82, 2.24) is 9.88 Å². The number of primary amides is 1. The lowest BCUT2D eigenvalue weighted by molar-refractivity contribution is -0.136. The van der Waals surface area contributed by atoms with Crippen molar-refractivity contribution in [2.75, 3.05) is 6.54 Å². The zero-order valence-corrected chi connectivity index (χ0v) is 13.5. The summed E-state index contributed by atoms with van der Waals surface area (Å²) < 4.78 is 5.46. The molecule has 1 heterocycles. The summed E-state index contributed by atoms with van der Waals surface area (Å²) in [5, 5.41) is 0. The maximum absolute atomic E-state index is 12.6. The minimum atomic E-state index is -0.486. The third kappa shape index (κ3) is 3.82. The van der Waals surface area contributed by atoms with Crippen LogP contribution in [0.4, 0.5) is 0 Å². The molecule has 0 atom stereocenters. The smallest absolute Gasteiger partial charge is 0.237 e. The van der Waals surface area contributed by atoms with Crippen LogP contribution >= 0.6 is 0 Å². The molecule has 1 aliphatic carbocycles. The van der Waals surface area contributed by atoms with Gasteiger partial charge in [-0.3, -0.25) is 9.59 Å². The Labute approximate surface area is 140 Å². The highest BCUT2D eigenvalue weighted by molar-refractivity contribution is 5.85. The molecule has 3 rings (SSSR count). The Balaban J connectivity index is 1.70. The van der Waals surface area contributed by atoms with Crippen molar-refractivity contribution in [3.8, 4) is 11.5 Å². The Hall–Kier alpha value is -2.63. The molecule has 1 aliphatic rings. The van der Waals surface area contributed by atoms with Crippen LogP contribution in [0.25, 0.3) is 11.5 Å². The highest BCUT2D eigenvalue weighted by atomic mass is 16.3. The summed E-state index contributed by atoms with van der Waals surface area (Å²) in [5.74, 6) is -0.130. The topological polar surface area (TPSA) is 89.4 Å². The van der Waals surface area contributed by atoms with Crippen molar-refractivity contribution in [1.29, 1.82) is 0 Å². The molecule has 0 saturated heterocycles. The van der Waals surface area contributed by atoms with E-state index in [1.807, 2.05) is 30.3 Å². The van der Waals surface area contributed by atoms with Crippen LogP contribution in [0.1, 0.15) is 31.4 Å². The minimum Gasteiger partial charge on any atom is -0.444 e. The lowest BCUT2D eigenvalue weighted by Gasteiger charge is -2.27. The Morgan fingerprint density at radius 3 is 2.58 bits per heavy atom. The maximum Gasteiger partial charge on any atom is 0.237 e. The first-order chi connectivity index (χ1) is 11.6. The Bertz CT molecular complexity index is 705. The van der Waals surface area contributed by atoms with E-state index in [-0.39, 0.29) is 24.9 Å². The summed E-state index contributed by atoms with van der Waals surface area (Å²) in [7, 11) is 0. The van der Waals surface area contributed by atoms with Crippen LogP contribution in [0, 0.1) is 0 Å². The van der Waals surface area contributed by atoms with Gasteiger partial charge >= 0.3 is 0 Å². The van der Waals surface area contributed by atoms with Gasteiger partial charge in [-0.1, -0.05) is 31.0 Å². The fourth-order valence-corrected chi connectivity index (χ4v) is 3.16. The van der Waals surface area contributed by atoms with Crippen molar-refractivity contribution >= 4 is 11.8 Å². The maximum atomic E-state index is 12.6. The van der Waals surface area contributed by atoms with E-state index in [9.17, 15) is 9.59 Å². The number of hydrogen-bond acceptors (Lipinski definition) is 4. The second-order valence-electron chi connectivity index (χ2n) is 6.11. The van der Waals surface area contributed by atoms with E-state index in [0.717, 1.165) is 31.2 Å². The van der Waals surface area contributed by atoms with Crippen molar-refractivity contribution in [2.24, 2.45) is 5.73 Å². The molecule has 0 aliphatic heterocycles. The van der Waals surface area contributed by atoms with Gasteiger partial charge < -0.3 is 15.1 Å². The number of oxazole rings is 1. The van der Waals surface area contributed by atoms with E-state index < -0.39 is 5.91 Å². The summed E-state index contributed by atoms with van der Waals surface area (Å²) in [6.45, 7) is -0.0348. The van der Waals surface area contributed by atoms with E-state index in [2.05, 4.69) is 4.98 Å². The van der Waals surface area contributed by atoms with E-state index >= 15 is 0 Å². The molecule has 1 fully saturated rings. The molecule has 2 amide bonds. The number of carbonyl (C=O) groups excluding carboxylic acids is 2. The lowest BCUT2D eigenvalue weighted by Crippen LogP contribution is -2.44. The lowest BCUT2D eigenvalue weighted by atomic mass is 10.1. The molecule has 0 bridgehead atoms. The molecule has 2 N–H and O–H groups in total. The molecule has 2 aromatic rings. The number of hydrogen-bond donors (Lipinski definition) is 1. The summed E-state index contributed by atoms with van der Waals surface area (Å²) >= 11 is 0. The van der Waals surface area contributed by atoms with Crippen molar-refractivity contribution in [3.63, 3.8) is 0 Å². The van der Waals surface area contributed by atoms with Gasteiger partial charge in [0, 0.05) is 11.6 Å². The average Bonchev–Trinajstić information content (AvgIpc) is 3.25. The van der Waals surface area contributed by atoms with Gasteiger partial charge in [0.15, 0.2) is 0 Å². The number of benzene rings is 1. The molecule has 1 aromatic carbocycles. The van der Waals surface area contributed by atoms with Crippen LogP contribution in [0.3, 0.4) is 0 Å². The van der Waals surface area contributed by atoms with Crippen LogP contribution < -0.4 is 5.73 Å². The van der Waals surface area contributed by atoms with E-state index in [1.54, 1.807) is 4.90 Å². The van der Waals surface area contributed by atoms with E-state index in [4.69, 9.17) is 10.2 Å². The summed E-state index contributed by atoms with van der Waals surface area (Å²) in [4.78, 5) is 29.9. The molecule has 1 saturated carbocycles. The molecule has 6 nitrogen and oxygen atoms in total.